The lowest BCUT2D eigenvalue weighted by Gasteiger charge is -2.08. The third kappa shape index (κ3) is 4.03. The lowest BCUT2D eigenvalue weighted by Crippen LogP contribution is -2.05. The Labute approximate surface area is 167 Å². The van der Waals surface area contributed by atoms with Crippen LogP contribution >= 0.6 is 0 Å². The van der Waals surface area contributed by atoms with E-state index in [9.17, 15) is 4.79 Å². The summed E-state index contributed by atoms with van der Waals surface area (Å²) in [6, 6.07) is 20.0. The maximum atomic E-state index is 11.7. The molecule has 0 radical (unpaired) electrons. The molecule has 0 spiro atoms. The number of aryl methyl sites for hydroxylation is 1. The van der Waals surface area contributed by atoms with Crippen molar-refractivity contribution in [3.05, 3.63) is 78.1 Å². The van der Waals surface area contributed by atoms with Crippen molar-refractivity contribution >= 4 is 17.1 Å². The van der Waals surface area contributed by atoms with E-state index in [1.807, 2.05) is 48.0 Å². The molecule has 0 aliphatic rings. The van der Waals surface area contributed by atoms with E-state index >= 15 is 0 Å². The molecule has 2 aromatic carbocycles. The molecule has 29 heavy (non-hydrogen) atoms. The second-order valence-electron chi connectivity index (χ2n) is 6.30. The number of hydrogen-bond donors (Lipinski definition) is 0. The predicted molar refractivity (Wildman–Crippen MR) is 107 cm³/mol. The molecule has 0 saturated heterocycles. The average molecular weight is 389 g/mol. The van der Waals surface area contributed by atoms with Gasteiger partial charge in [-0.3, -0.25) is 0 Å². The van der Waals surface area contributed by atoms with Crippen LogP contribution in [-0.4, -0.2) is 27.6 Å². The van der Waals surface area contributed by atoms with Crippen molar-refractivity contribution in [2.75, 3.05) is 7.11 Å². The van der Waals surface area contributed by atoms with Gasteiger partial charge in [0, 0.05) is 13.1 Å². The smallest absolute Gasteiger partial charge is 0.337 e. The van der Waals surface area contributed by atoms with Crippen LogP contribution in [-0.2, 0) is 18.4 Å². The van der Waals surface area contributed by atoms with Crippen LogP contribution in [0.4, 0.5) is 0 Å². The monoisotopic (exact) mass is 389 g/mol. The van der Waals surface area contributed by atoms with Crippen LogP contribution in [0.2, 0.25) is 0 Å². The van der Waals surface area contributed by atoms with Crippen LogP contribution in [0.1, 0.15) is 16.2 Å². The Kier molecular flexibility index (Phi) is 5.11. The summed E-state index contributed by atoms with van der Waals surface area (Å²) in [5, 5.41) is 0. The lowest BCUT2D eigenvalue weighted by atomic mass is 10.2. The zero-order valence-electron chi connectivity index (χ0n) is 16.0. The molecule has 7 nitrogen and oxygen atoms in total. The van der Waals surface area contributed by atoms with Gasteiger partial charge in [0.2, 0.25) is 5.88 Å². The number of carbonyl (C=O) groups is 1. The Bertz CT molecular complexity index is 1160. The SMILES string of the molecule is COC(=O)c1cccc(OCc2nc3ccc(Oc4ccccc4)nc3n2C)c1. The molecule has 2 aromatic heterocycles. The van der Waals surface area contributed by atoms with Crippen molar-refractivity contribution in [1.29, 1.82) is 0 Å². The van der Waals surface area contributed by atoms with Crippen LogP contribution in [0.5, 0.6) is 17.4 Å². The van der Waals surface area contributed by atoms with Crippen LogP contribution in [0.25, 0.3) is 11.2 Å². The minimum absolute atomic E-state index is 0.229. The molecule has 4 aromatic rings. The summed E-state index contributed by atoms with van der Waals surface area (Å²) in [5.41, 5.74) is 1.87. The van der Waals surface area contributed by atoms with Crippen LogP contribution < -0.4 is 9.47 Å². The molecule has 2 heterocycles. The van der Waals surface area contributed by atoms with Gasteiger partial charge in [-0.05, 0) is 36.4 Å². The van der Waals surface area contributed by atoms with Gasteiger partial charge < -0.3 is 18.8 Å². The molecule has 7 heteroatoms. The number of imidazole rings is 1. The highest BCUT2D eigenvalue weighted by atomic mass is 16.5. The average Bonchev–Trinajstić information content (AvgIpc) is 3.08. The van der Waals surface area contributed by atoms with Crippen LogP contribution in [0, 0.1) is 0 Å². The zero-order chi connectivity index (χ0) is 20.2. The highest BCUT2D eigenvalue weighted by Crippen LogP contribution is 2.23. The number of carbonyl (C=O) groups excluding carboxylic acids is 1. The molecule has 4 rings (SSSR count). The van der Waals surface area contributed by atoms with Gasteiger partial charge in [-0.1, -0.05) is 24.3 Å². The summed E-state index contributed by atoms with van der Waals surface area (Å²) in [6.07, 6.45) is 0. The summed E-state index contributed by atoms with van der Waals surface area (Å²) in [7, 11) is 3.22. The van der Waals surface area contributed by atoms with Gasteiger partial charge in [-0.25, -0.2) is 9.78 Å². The normalized spacial score (nSPS) is 10.7. The fourth-order valence-corrected chi connectivity index (χ4v) is 2.87. The minimum atomic E-state index is -0.409. The van der Waals surface area contributed by atoms with Crippen molar-refractivity contribution in [1.82, 2.24) is 14.5 Å². The molecule has 0 bridgehead atoms. The molecule has 0 amide bonds. The highest BCUT2D eigenvalue weighted by molar-refractivity contribution is 5.89. The Balaban J connectivity index is 1.53. The second-order valence-corrected chi connectivity index (χ2v) is 6.30. The Morgan fingerprint density at radius 3 is 2.55 bits per heavy atom. The number of para-hydroxylation sites is 1. The maximum Gasteiger partial charge on any atom is 0.337 e. The van der Waals surface area contributed by atoms with Gasteiger partial charge in [0.15, 0.2) is 5.65 Å². The minimum Gasteiger partial charge on any atom is -0.486 e. The van der Waals surface area contributed by atoms with E-state index in [1.165, 1.54) is 7.11 Å². The van der Waals surface area contributed by atoms with Gasteiger partial charge in [0.25, 0.3) is 0 Å². The molecule has 0 atom stereocenters. The number of pyridine rings is 1. The molecular formula is C22H19N3O4. The molecule has 0 fully saturated rings. The third-order valence-electron chi connectivity index (χ3n) is 4.37. The van der Waals surface area contributed by atoms with Crippen molar-refractivity contribution in [3.8, 4) is 17.4 Å². The number of hydrogen-bond acceptors (Lipinski definition) is 6. The van der Waals surface area contributed by atoms with E-state index in [1.54, 1.807) is 30.3 Å². The van der Waals surface area contributed by atoms with Gasteiger partial charge >= 0.3 is 5.97 Å². The topological polar surface area (TPSA) is 75.5 Å². The van der Waals surface area contributed by atoms with Crippen molar-refractivity contribution in [3.63, 3.8) is 0 Å². The van der Waals surface area contributed by atoms with Crippen molar-refractivity contribution in [2.45, 2.75) is 6.61 Å². The Hall–Kier alpha value is -3.87. The van der Waals surface area contributed by atoms with E-state index in [4.69, 9.17) is 14.2 Å². The molecule has 146 valence electrons. The first kappa shape index (κ1) is 18.5. The largest absolute Gasteiger partial charge is 0.486 e. The molecule has 0 N–H and O–H groups in total. The number of ether oxygens (including phenoxy) is 3. The van der Waals surface area contributed by atoms with E-state index in [2.05, 4.69) is 9.97 Å². The molecular weight excluding hydrogens is 370 g/mol. The van der Waals surface area contributed by atoms with E-state index in [0.717, 1.165) is 11.3 Å². The maximum absolute atomic E-state index is 11.7. The van der Waals surface area contributed by atoms with Gasteiger partial charge in [0.1, 0.15) is 29.4 Å². The van der Waals surface area contributed by atoms with Crippen LogP contribution in [0.3, 0.4) is 0 Å². The standard InChI is InChI=1S/C22H19N3O4/c1-25-19(14-28-17-10-6-7-15(13-17)22(26)27-2)23-18-11-12-20(24-21(18)25)29-16-8-4-3-5-9-16/h3-13H,14H2,1-2H3. The van der Waals surface area contributed by atoms with Crippen molar-refractivity contribution in [2.24, 2.45) is 7.05 Å². The van der Waals surface area contributed by atoms with Gasteiger partial charge in [0.05, 0.1) is 12.7 Å². The molecule has 0 unspecified atom stereocenters. The number of methoxy groups -OCH3 is 1. The number of fused-ring (bicyclic) bond motifs is 1. The summed E-state index contributed by atoms with van der Waals surface area (Å²) < 4.78 is 18.2. The number of rotatable bonds is 6. The van der Waals surface area contributed by atoms with Crippen LogP contribution in [0.15, 0.2) is 66.7 Å². The zero-order valence-corrected chi connectivity index (χ0v) is 16.0. The first-order valence-corrected chi connectivity index (χ1v) is 9.00. The Morgan fingerprint density at radius 1 is 0.966 bits per heavy atom. The van der Waals surface area contributed by atoms with Gasteiger partial charge in [-0.2, -0.15) is 4.98 Å². The summed E-state index contributed by atoms with van der Waals surface area (Å²) in [6.45, 7) is 0.229. The first-order valence-electron chi connectivity index (χ1n) is 9.00. The molecule has 0 saturated carbocycles. The number of nitrogens with zero attached hydrogens (tertiary/aromatic N) is 3. The third-order valence-corrected chi connectivity index (χ3v) is 4.37. The summed E-state index contributed by atoms with van der Waals surface area (Å²) >= 11 is 0. The first-order chi connectivity index (χ1) is 14.1. The van der Waals surface area contributed by atoms with Gasteiger partial charge in [-0.15, -0.1) is 0 Å². The van der Waals surface area contributed by atoms with E-state index in [-0.39, 0.29) is 6.61 Å². The Morgan fingerprint density at radius 2 is 1.76 bits per heavy atom. The fourth-order valence-electron chi connectivity index (χ4n) is 2.87. The lowest BCUT2D eigenvalue weighted by molar-refractivity contribution is 0.0600. The number of aromatic nitrogens is 3. The summed E-state index contributed by atoms with van der Waals surface area (Å²) in [5.74, 6) is 2.06. The summed E-state index contributed by atoms with van der Waals surface area (Å²) in [4.78, 5) is 20.8. The van der Waals surface area contributed by atoms with E-state index in [0.29, 0.717) is 28.7 Å². The quantitative estimate of drug-likeness (QED) is 0.462. The predicted octanol–water partition coefficient (Wildman–Crippen LogP) is 4.13. The highest BCUT2D eigenvalue weighted by Gasteiger charge is 2.12. The number of esters is 1. The number of benzene rings is 2. The molecule has 0 aliphatic carbocycles. The van der Waals surface area contributed by atoms with E-state index < -0.39 is 5.97 Å². The second kappa shape index (κ2) is 8.02. The molecule has 0 aliphatic heterocycles. The fraction of sp³-hybridized carbons (Fsp3) is 0.136. The van der Waals surface area contributed by atoms with Crippen molar-refractivity contribution < 1.29 is 19.0 Å².